The normalized spacial score (nSPS) is 26.5. The van der Waals surface area contributed by atoms with Crippen molar-refractivity contribution >= 4 is 0 Å². The maximum absolute atomic E-state index is 5.57. The summed E-state index contributed by atoms with van der Waals surface area (Å²) in [4.78, 5) is 4.11. The average molecular weight is 177 g/mol. The second-order valence-electron chi connectivity index (χ2n) is 3.79. The van der Waals surface area contributed by atoms with Gasteiger partial charge in [0.1, 0.15) is 0 Å². The van der Waals surface area contributed by atoms with E-state index in [1.165, 1.54) is 12.8 Å². The van der Waals surface area contributed by atoms with Gasteiger partial charge in [-0.1, -0.05) is 13.0 Å². The van der Waals surface area contributed by atoms with Gasteiger partial charge in [-0.05, 0) is 30.7 Å². The molecule has 0 aromatic carbocycles. The molecule has 2 rings (SSSR count). The summed E-state index contributed by atoms with van der Waals surface area (Å²) < 4.78 is 5.57. The van der Waals surface area contributed by atoms with Crippen LogP contribution in [0.4, 0.5) is 0 Å². The first kappa shape index (κ1) is 8.54. The molecule has 1 heterocycles. The van der Waals surface area contributed by atoms with E-state index in [2.05, 4.69) is 11.9 Å². The molecule has 0 bridgehead atoms. The zero-order valence-corrected chi connectivity index (χ0v) is 7.94. The highest BCUT2D eigenvalue weighted by Crippen LogP contribution is 2.33. The topological polar surface area (TPSA) is 22.1 Å². The van der Waals surface area contributed by atoms with E-state index in [1.54, 1.807) is 6.20 Å². The minimum Gasteiger partial charge on any atom is -0.477 e. The van der Waals surface area contributed by atoms with Gasteiger partial charge in [-0.15, -0.1) is 0 Å². The van der Waals surface area contributed by atoms with Crippen molar-refractivity contribution in [2.75, 3.05) is 6.61 Å². The van der Waals surface area contributed by atoms with E-state index in [-0.39, 0.29) is 0 Å². The third-order valence-electron chi connectivity index (χ3n) is 2.88. The molecule has 0 N–H and O–H groups in total. The summed E-state index contributed by atoms with van der Waals surface area (Å²) in [5.41, 5.74) is 0. The number of aromatic nitrogens is 1. The van der Waals surface area contributed by atoms with Crippen LogP contribution in [0.3, 0.4) is 0 Å². The molecule has 0 aliphatic heterocycles. The molecule has 0 saturated heterocycles. The molecule has 70 valence electrons. The summed E-state index contributed by atoms with van der Waals surface area (Å²) in [7, 11) is 0. The van der Waals surface area contributed by atoms with Crippen LogP contribution in [0.15, 0.2) is 24.4 Å². The summed E-state index contributed by atoms with van der Waals surface area (Å²) in [6, 6.07) is 5.76. The SMILES string of the molecule is C[C@@H]1CC[C@H]1COc1ccccn1. The molecule has 2 nitrogen and oxygen atoms in total. The maximum Gasteiger partial charge on any atom is 0.213 e. The fourth-order valence-electron chi connectivity index (χ4n) is 1.61. The molecule has 13 heavy (non-hydrogen) atoms. The lowest BCUT2D eigenvalue weighted by atomic mass is 9.75. The van der Waals surface area contributed by atoms with Gasteiger partial charge in [-0.2, -0.15) is 0 Å². The molecule has 1 saturated carbocycles. The molecular weight excluding hydrogens is 162 g/mol. The van der Waals surface area contributed by atoms with Crippen LogP contribution in [0.5, 0.6) is 5.88 Å². The summed E-state index contributed by atoms with van der Waals surface area (Å²) >= 11 is 0. The second kappa shape index (κ2) is 3.77. The lowest BCUT2D eigenvalue weighted by Crippen LogP contribution is -2.28. The predicted octanol–water partition coefficient (Wildman–Crippen LogP) is 2.51. The first-order chi connectivity index (χ1) is 6.36. The molecule has 0 unspecified atom stereocenters. The number of ether oxygens (including phenoxy) is 1. The van der Waals surface area contributed by atoms with Crippen molar-refractivity contribution in [2.45, 2.75) is 19.8 Å². The van der Waals surface area contributed by atoms with Crippen LogP contribution in [0, 0.1) is 11.8 Å². The van der Waals surface area contributed by atoms with Crippen molar-refractivity contribution in [3.8, 4) is 5.88 Å². The van der Waals surface area contributed by atoms with Gasteiger partial charge in [0.25, 0.3) is 0 Å². The lowest BCUT2D eigenvalue weighted by Gasteiger charge is -2.33. The van der Waals surface area contributed by atoms with Crippen LogP contribution in [0.25, 0.3) is 0 Å². The molecule has 2 atom stereocenters. The van der Waals surface area contributed by atoms with Crippen molar-refractivity contribution in [1.29, 1.82) is 0 Å². The third kappa shape index (κ3) is 2.00. The molecule has 0 spiro atoms. The number of hydrogen-bond acceptors (Lipinski definition) is 2. The Morgan fingerprint density at radius 3 is 2.92 bits per heavy atom. The summed E-state index contributed by atoms with van der Waals surface area (Å²) in [5, 5.41) is 0. The van der Waals surface area contributed by atoms with Gasteiger partial charge in [-0.3, -0.25) is 0 Å². The minimum absolute atomic E-state index is 0.751. The van der Waals surface area contributed by atoms with Crippen molar-refractivity contribution in [3.05, 3.63) is 24.4 Å². The van der Waals surface area contributed by atoms with Gasteiger partial charge in [0, 0.05) is 12.3 Å². The summed E-state index contributed by atoms with van der Waals surface area (Å²) in [5.74, 6) is 2.34. The van der Waals surface area contributed by atoms with Crippen LogP contribution in [-0.4, -0.2) is 11.6 Å². The van der Waals surface area contributed by atoms with Crippen molar-refractivity contribution in [1.82, 2.24) is 4.98 Å². The molecule has 1 aromatic rings. The Hall–Kier alpha value is -1.05. The first-order valence-corrected chi connectivity index (χ1v) is 4.90. The maximum atomic E-state index is 5.57. The van der Waals surface area contributed by atoms with Gasteiger partial charge in [-0.25, -0.2) is 4.98 Å². The lowest BCUT2D eigenvalue weighted by molar-refractivity contribution is 0.113. The Kier molecular flexibility index (Phi) is 2.48. The number of rotatable bonds is 3. The molecule has 0 radical (unpaired) electrons. The smallest absolute Gasteiger partial charge is 0.213 e. The molecule has 1 aliphatic rings. The Bertz CT molecular complexity index is 260. The molecule has 0 amide bonds. The number of pyridine rings is 1. The van der Waals surface area contributed by atoms with Gasteiger partial charge >= 0.3 is 0 Å². The summed E-state index contributed by atoms with van der Waals surface area (Å²) in [6.07, 6.45) is 4.43. The number of hydrogen-bond donors (Lipinski definition) is 0. The van der Waals surface area contributed by atoms with E-state index < -0.39 is 0 Å². The highest BCUT2D eigenvalue weighted by atomic mass is 16.5. The molecule has 1 aromatic heterocycles. The summed E-state index contributed by atoms with van der Waals surface area (Å²) in [6.45, 7) is 3.12. The third-order valence-corrected chi connectivity index (χ3v) is 2.88. The quantitative estimate of drug-likeness (QED) is 0.707. The number of nitrogens with zero attached hydrogens (tertiary/aromatic N) is 1. The van der Waals surface area contributed by atoms with Crippen molar-refractivity contribution in [3.63, 3.8) is 0 Å². The Morgan fingerprint density at radius 1 is 1.46 bits per heavy atom. The van der Waals surface area contributed by atoms with Gasteiger partial charge in [0.05, 0.1) is 6.61 Å². The van der Waals surface area contributed by atoms with Crippen molar-refractivity contribution in [2.24, 2.45) is 11.8 Å². The zero-order valence-electron chi connectivity index (χ0n) is 7.94. The van der Waals surface area contributed by atoms with Gasteiger partial charge in [0.15, 0.2) is 0 Å². The predicted molar refractivity (Wildman–Crippen MR) is 51.6 cm³/mol. The first-order valence-electron chi connectivity index (χ1n) is 4.90. The van der Waals surface area contributed by atoms with Crippen LogP contribution in [-0.2, 0) is 0 Å². The van der Waals surface area contributed by atoms with Crippen LogP contribution in [0.1, 0.15) is 19.8 Å². The van der Waals surface area contributed by atoms with Gasteiger partial charge in [0.2, 0.25) is 5.88 Å². The fraction of sp³-hybridized carbons (Fsp3) is 0.545. The molecule has 1 aliphatic carbocycles. The van der Waals surface area contributed by atoms with E-state index in [9.17, 15) is 0 Å². The van der Waals surface area contributed by atoms with Crippen LogP contribution >= 0.6 is 0 Å². The van der Waals surface area contributed by atoms with E-state index in [4.69, 9.17) is 4.74 Å². The highest BCUT2D eigenvalue weighted by Gasteiger charge is 2.27. The highest BCUT2D eigenvalue weighted by molar-refractivity contribution is 5.09. The van der Waals surface area contributed by atoms with E-state index in [0.717, 1.165) is 24.3 Å². The monoisotopic (exact) mass is 177 g/mol. The van der Waals surface area contributed by atoms with Crippen LogP contribution in [0.2, 0.25) is 0 Å². The molecule has 2 heteroatoms. The minimum atomic E-state index is 0.751. The Balaban J connectivity index is 1.80. The Labute approximate surface area is 78.9 Å². The van der Waals surface area contributed by atoms with Gasteiger partial charge < -0.3 is 4.74 Å². The largest absolute Gasteiger partial charge is 0.477 e. The standard InChI is InChI=1S/C11H15NO/c1-9-5-6-10(9)8-13-11-4-2-3-7-12-11/h2-4,7,9-10H,5-6,8H2,1H3/t9-,10+/m1/s1. The van der Waals surface area contributed by atoms with Crippen LogP contribution < -0.4 is 4.74 Å². The fourth-order valence-corrected chi connectivity index (χ4v) is 1.61. The van der Waals surface area contributed by atoms with E-state index >= 15 is 0 Å². The Morgan fingerprint density at radius 2 is 2.38 bits per heavy atom. The van der Waals surface area contributed by atoms with E-state index in [1.807, 2.05) is 18.2 Å². The molecule has 1 fully saturated rings. The zero-order chi connectivity index (χ0) is 9.10. The van der Waals surface area contributed by atoms with Crippen molar-refractivity contribution < 1.29 is 4.74 Å². The van der Waals surface area contributed by atoms with E-state index in [0.29, 0.717) is 0 Å². The second-order valence-corrected chi connectivity index (χ2v) is 3.79. The average Bonchev–Trinajstić information content (AvgIpc) is 2.17. The molecular formula is C11H15NO.